The molecule has 0 aliphatic rings. The van der Waals surface area contributed by atoms with Gasteiger partial charge in [0.05, 0.1) is 11.4 Å². The number of aromatic nitrogens is 2. The third-order valence-corrected chi connectivity index (χ3v) is 9.39. The van der Waals surface area contributed by atoms with Crippen LogP contribution in [-0.4, -0.2) is 9.97 Å². The summed E-state index contributed by atoms with van der Waals surface area (Å²) in [6.45, 7) is 0. The zero-order chi connectivity index (χ0) is 36.1. The van der Waals surface area contributed by atoms with Gasteiger partial charge in [0.25, 0.3) is 0 Å². The van der Waals surface area contributed by atoms with Gasteiger partial charge < -0.3 is 8.83 Å². The molecule has 0 radical (unpaired) electrons. The molecule has 0 bridgehead atoms. The number of hydrogen-bond acceptors (Lipinski definition) is 6. The van der Waals surface area contributed by atoms with Gasteiger partial charge in [-0.05, 0) is 82.9 Å². The number of furan rings is 2. The van der Waals surface area contributed by atoms with Crippen LogP contribution in [0.25, 0.3) is 44.9 Å². The fraction of sp³-hybridized carbons (Fsp3) is 0. The minimum Gasteiger partial charge on any atom is -0.440 e. The number of nitrogens with zero attached hydrogens (tertiary/aromatic N) is 4. The van der Waals surface area contributed by atoms with Crippen molar-refractivity contribution in [3.63, 3.8) is 0 Å². The van der Waals surface area contributed by atoms with Crippen molar-refractivity contribution in [3.05, 3.63) is 207 Å². The van der Waals surface area contributed by atoms with Crippen LogP contribution < -0.4 is 9.80 Å². The van der Waals surface area contributed by atoms with E-state index in [1.54, 1.807) is 24.8 Å². The molecule has 0 saturated carbocycles. The summed E-state index contributed by atoms with van der Waals surface area (Å²) >= 11 is 0. The zero-order valence-electron chi connectivity index (χ0n) is 29.2. The predicted molar refractivity (Wildman–Crippen MR) is 218 cm³/mol. The second kappa shape index (κ2) is 14.7. The zero-order valence-corrected chi connectivity index (χ0v) is 29.2. The minimum absolute atomic E-state index is 0.730. The van der Waals surface area contributed by atoms with Gasteiger partial charge in [0, 0.05) is 59.4 Å². The SMILES string of the molecule is c1ccc(-c2ccc(N(c3ccncc3)c3ccc(-c4ccc(-c5ccc(N(c6ccncc6)c6ccc(-c7ccccc7)o6)cc5)cc4)cc3)o2)cc1. The highest BCUT2D eigenvalue weighted by Crippen LogP contribution is 2.40. The molecule has 4 aromatic heterocycles. The Hall–Kier alpha value is -7.44. The van der Waals surface area contributed by atoms with E-state index in [2.05, 4.69) is 117 Å². The molecule has 0 amide bonds. The van der Waals surface area contributed by atoms with Crippen LogP contribution in [0, 0.1) is 0 Å². The summed E-state index contributed by atoms with van der Waals surface area (Å²) in [5.74, 6) is 3.09. The minimum atomic E-state index is 0.730. The van der Waals surface area contributed by atoms with Gasteiger partial charge in [0.15, 0.2) is 0 Å². The van der Waals surface area contributed by atoms with E-state index in [1.165, 1.54) is 0 Å². The topological polar surface area (TPSA) is 58.5 Å². The molecular formula is C48H34N4O2. The molecule has 4 heterocycles. The molecule has 0 N–H and O–H groups in total. The molecule has 258 valence electrons. The van der Waals surface area contributed by atoms with Crippen LogP contribution in [0.5, 0.6) is 0 Å². The van der Waals surface area contributed by atoms with E-state index < -0.39 is 0 Å². The van der Waals surface area contributed by atoms with Crippen LogP contribution >= 0.6 is 0 Å². The van der Waals surface area contributed by atoms with E-state index in [-0.39, 0.29) is 0 Å². The lowest BCUT2D eigenvalue weighted by molar-refractivity contribution is 0.588. The third-order valence-electron chi connectivity index (χ3n) is 9.39. The highest BCUT2D eigenvalue weighted by atomic mass is 16.4. The van der Waals surface area contributed by atoms with Crippen LogP contribution in [0.1, 0.15) is 0 Å². The largest absolute Gasteiger partial charge is 0.440 e. The van der Waals surface area contributed by atoms with E-state index in [0.717, 1.165) is 79.4 Å². The van der Waals surface area contributed by atoms with Crippen molar-refractivity contribution in [2.45, 2.75) is 0 Å². The van der Waals surface area contributed by atoms with E-state index in [0.29, 0.717) is 0 Å². The molecule has 0 aliphatic carbocycles. The number of anilines is 6. The van der Waals surface area contributed by atoms with E-state index >= 15 is 0 Å². The highest BCUT2D eigenvalue weighted by Gasteiger charge is 2.19. The average molecular weight is 699 g/mol. The Morgan fingerprint density at radius 2 is 0.593 bits per heavy atom. The number of hydrogen-bond donors (Lipinski definition) is 0. The van der Waals surface area contributed by atoms with Crippen molar-refractivity contribution in [3.8, 4) is 44.9 Å². The van der Waals surface area contributed by atoms with Crippen LogP contribution in [-0.2, 0) is 0 Å². The van der Waals surface area contributed by atoms with Crippen LogP contribution in [0.3, 0.4) is 0 Å². The molecule has 9 rings (SSSR count). The number of benzene rings is 5. The van der Waals surface area contributed by atoms with Crippen LogP contribution in [0.4, 0.5) is 34.5 Å². The average Bonchev–Trinajstić information content (AvgIpc) is 3.95. The summed E-state index contributed by atoms with van der Waals surface area (Å²) < 4.78 is 12.8. The maximum Gasteiger partial charge on any atom is 0.205 e. The van der Waals surface area contributed by atoms with Gasteiger partial charge in [-0.25, -0.2) is 0 Å². The Bertz CT molecular complexity index is 2380. The lowest BCUT2D eigenvalue weighted by Gasteiger charge is -2.22. The third kappa shape index (κ3) is 6.67. The van der Waals surface area contributed by atoms with Crippen LogP contribution in [0.2, 0.25) is 0 Å². The normalized spacial score (nSPS) is 11.0. The van der Waals surface area contributed by atoms with Crippen molar-refractivity contribution >= 4 is 34.5 Å². The molecule has 0 fully saturated rings. The standard InChI is InChI=1S/C48H34N4O2/c1-3-7-39(8-4-1)45-23-25-47(53-45)51(43-27-31-49-32-28-43)41-19-15-37(16-20-41)35-11-13-36(14-12-35)38-17-21-42(22-18-38)52(44-29-33-50-34-30-44)48-26-24-46(54-48)40-9-5-2-6-10-40/h1-34H. The van der Waals surface area contributed by atoms with Crippen molar-refractivity contribution < 1.29 is 8.83 Å². The first kappa shape index (κ1) is 32.5. The molecule has 54 heavy (non-hydrogen) atoms. The first-order valence-corrected chi connectivity index (χ1v) is 17.8. The molecule has 0 aliphatic heterocycles. The second-order valence-corrected chi connectivity index (χ2v) is 12.8. The van der Waals surface area contributed by atoms with Crippen molar-refractivity contribution in [2.24, 2.45) is 0 Å². The van der Waals surface area contributed by atoms with Crippen molar-refractivity contribution in [1.29, 1.82) is 0 Å². The molecule has 6 nitrogen and oxygen atoms in total. The molecule has 0 spiro atoms. The number of rotatable bonds is 10. The number of pyridine rings is 2. The summed E-state index contributed by atoms with van der Waals surface area (Å²) in [6.07, 6.45) is 7.18. The summed E-state index contributed by atoms with van der Waals surface area (Å²) in [5.41, 5.74) is 10.5. The summed E-state index contributed by atoms with van der Waals surface area (Å²) in [5, 5.41) is 0. The van der Waals surface area contributed by atoms with Gasteiger partial charge in [-0.2, -0.15) is 0 Å². The Balaban J connectivity index is 0.955. The van der Waals surface area contributed by atoms with Crippen molar-refractivity contribution in [2.75, 3.05) is 9.80 Å². The first-order chi connectivity index (χ1) is 26.8. The monoisotopic (exact) mass is 698 g/mol. The van der Waals surface area contributed by atoms with Gasteiger partial charge in [-0.1, -0.05) is 109 Å². The molecule has 0 saturated heterocycles. The maximum atomic E-state index is 6.39. The van der Waals surface area contributed by atoms with Crippen LogP contribution in [0.15, 0.2) is 216 Å². The summed E-state index contributed by atoms with van der Waals surface area (Å²) in [7, 11) is 0. The second-order valence-electron chi connectivity index (χ2n) is 12.8. The lowest BCUT2D eigenvalue weighted by Crippen LogP contribution is -2.09. The summed E-state index contributed by atoms with van der Waals surface area (Å²) in [4.78, 5) is 12.7. The van der Waals surface area contributed by atoms with Crippen molar-refractivity contribution in [1.82, 2.24) is 9.97 Å². The fourth-order valence-corrected chi connectivity index (χ4v) is 6.67. The maximum absolute atomic E-state index is 6.39. The van der Waals surface area contributed by atoms with Gasteiger partial charge in [0.1, 0.15) is 11.5 Å². The Morgan fingerprint density at radius 1 is 0.278 bits per heavy atom. The fourth-order valence-electron chi connectivity index (χ4n) is 6.67. The Kier molecular flexibility index (Phi) is 8.81. The summed E-state index contributed by atoms with van der Waals surface area (Å²) in [6, 6.07) is 62.1. The molecule has 0 atom stereocenters. The molecule has 5 aromatic carbocycles. The van der Waals surface area contributed by atoms with Gasteiger partial charge >= 0.3 is 0 Å². The smallest absolute Gasteiger partial charge is 0.205 e. The predicted octanol–water partition coefficient (Wildman–Crippen LogP) is 13.3. The molecule has 0 unspecified atom stereocenters. The first-order valence-electron chi connectivity index (χ1n) is 17.8. The molecular weight excluding hydrogens is 665 g/mol. The van der Waals surface area contributed by atoms with E-state index in [4.69, 9.17) is 8.83 Å². The highest BCUT2D eigenvalue weighted by molar-refractivity contribution is 5.80. The van der Waals surface area contributed by atoms with Gasteiger partial charge in [-0.15, -0.1) is 0 Å². The molecule has 9 aromatic rings. The van der Waals surface area contributed by atoms with Gasteiger partial charge in [-0.3, -0.25) is 19.8 Å². The molecule has 6 heteroatoms. The van der Waals surface area contributed by atoms with E-state index in [1.807, 2.05) is 84.9 Å². The Labute approximate surface area is 313 Å². The Morgan fingerprint density at radius 3 is 0.944 bits per heavy atom. The quantitative estimate of drug-likeness (QED) is 0.142. The van der Waals surface area contributed by atoms with E-state index in [9.17, 15) is 0 Å². The lowest BCUT2D eigenvalue weighted by atomic mass is 10.00. The van der Waals surface area contributed by atoms with Gasteiger partial charge in [0.2, 0.25) is 11.8 Å².